The molecule has 0 saturated carbocycles. The smallest absolute Gasteiger partial charge is 0.337 e. The van der Waals surface area contributed by atoms with Crippen molar-refractivity contribution in [2.75, 3.05) is 24.2 Å². The van der Waals surface area contributed by atoms with Crippen molar-refractivity contribution in [3.05, 3.63) is 71.3 Å². The van der Waals surface area contributed by atoms with Gasteiger partial charge in [0.25, 0.3) is 10.0 Å². The summed E-state index contributed by atoms with van der Waals surface area (Å²) in [6.07, 6.45) is 1.60. The first-order valence-corrected chi connectivity index (χ1v) is 11.5. The van der Waals surface area contributed by atoms with Crippen LogP contribution in [0.3, 0.4) is 0 Å². The largest absolute Gasteiger partial charge is 0.465 e. The number of benzene rings is 2. The van der Waals surface area contributed by atoms with Gasteiger partial charge in [-0.05, 0) is 53.6 Å². The second-order valence-corrected chi connectivity index (χ2v) is 8.98. The van der Waals surface area contributed by atoms with Gasteiger partial charge in [0.1, 0.15) is 0 Å². The van der Waals surface area contributed by atoms with Gasteiger partial charge in [-0.1, -0.05) is 12.1 Å². The number of aromatic nitrogens is 4. The standard InChI is InChI=1S/C21H19ClN6O4S/c1-23-18-17-19(26-21(22)25-18)28(12-24-17)11-13-4-3-5-16(10-13)33(30,31)27-15-8-6-14(7-9-15)20(29)32-2/h3-10,12,27H,11H2,1-2H3,(H,23,25,26). The first-order valence-electron chi connectivity index (χ1n) is 9.67. The van der Waals surface area contributed by atoms with Crippen molar-refractivity contribution in [2.45, 2.75) is 11.4 Å². The highest BCUT2D eigenvalue weighted by atomic mass is 35.5. The summed E-state index contributed by atoms with van der Waals surface area (Å²) in [7, 11) is -0.874. The van der Waals surface area contributed by atoms with E-state index in [1.807, 2.05) is 0 Å². The average Bonchev–Trinajstić information content (AvgIpc) is 3.20. The number of anilines is 2. The van der Waals surface area contributed by atoms with Gasteiger partial charge in [0.2, 0.25) is 5.28 Å². The van der Waals surface area contributed by atoms with E-state index in [4.69, 9.17) is 11.6 Å². The number of halogens is 1. The Kier molecular flexibility index (Phi) is 6.16. The molecule has 0 aliphatic heterocycles. The Balaban J connectivity index is 1.58. The molecule has 0 aliphatic carbocycles. The van der Waals surface area contributed by atoms with Gasteiger partial charge in [-0.15, -0.1) is 0 Å². The lowest BCUT2D eigenvalue weighted by Crippen LogP contribution is -2.13. The van der Waals surface area contributed by atoms with Crippen LogP contribution in [-0.4, -0.2) is 48.1 Å². The maximum absolute atomic E-state index is 12.9. The molecule has 0 aliphatic rings. The number of methoxy groups -OCH3 is 1. The van der Waals surface area contributed by atoms with Crippen molar-refractivity contribution in [1.82, 2.24) is 19.5 Å². The zero-order valence-corrected chi connectivity index (χ0v) is 19.2. The summed E-state index contributed by atoms with van der Waals surface area (Å²) in [4.78, 5) is 24.3. The molecular weight excluding hydrogens is 468 g/mol. The first-order chi connectivity index (χ1) is 15.8. The zero-order chi connectivity index (χ0) is 23.6. The molecule has 0 fully saturated rings. The van der Waals surface area contributed by atoms with Crippen molar-refractivity contribution in [3.8, 4) is 0 Å². The van der Waals surface area contributed by atoms with Crippen LogP contribution >= 0.6 is 11.6 Å². The van der Waals surface area contributed by atoms with Gasteiger partial charge in [-0.2, -0.15) is 9.97 Å². The third kappa shape index (κ3) is 4.73. The Labute approximate surface area is 194 Å². The molecule has 0 spiro atoms. The first kappa shape index (κ1) is 22.5. The number of rotatable bonds is 7. The zero-order valence-electron chi connectivity index (χ0n) is 17.6. The van der Waals surface area contributed by atoms with Crippen LogP contribution in [0.15, 0.2) is 59.8 Å². The Hall–Kier alpha value is -3.70. The third-order valence-electron chi connectivity index (χ3n) is 4.79. The molecule has 2 aromatic carbocycles. The second-order valence-electron chi connectivity index (χ2n) is 6.96. The normalized spacial score (nSPS) is 11.4. The molecule has 12 heteroatoms. The van der Waals surface area contributed by atoms with Crippen molar-refractivity contribution >= 4 is 50.3 Å². The second kappa shape index (κ2) is 9.04. The number of nitrogens with one attached hydrogen (secondary N) is 2. The number of sulfonamides is 1. The van der Waals surface area contributed by atoms with Crippen molar-refractivity contribution in [2.24, 2.45) is 0 Å². The van der Waals surface area contributed by atoms with Crippen LogP contribution in [0.2, 0.25) is 5.28 Å². The minimum atomic E-state index is -3.86. The maximum atomic E-state index is 12.9. The van der Waals surface area contributed by atoms with E-state index in [9.17, 15) is 13.2 Å². The highest BCUT2D eigenvalue weighted by Crippen LogP contribution is 2.23. The molecule has 170 valence electrons. The number of carbonyl (C=O) groups is 1. The predicted octanol–water partition coefficient (Wildman–Crippen LogP) is 3.16. The van der Waals surface area contributed by atoms with Gasteiger partial charge in [-0.25, -0.2) is 18.2 Å². The highest BCUT2D eigenvalue weighted by molar-refractivity contribution is 7.92. The molecule has 2 N–H and O–H groups in total. The summed E-state index contributed by atoms with van der Waals surface area (Å²) in [6.45, 7) is 0.324. The van der Waals surface area contributed by atoms with Crippen LogP contribution < -0.4 is 10.0 Å². The lowest BCUT2D eigenvalue weighted by molar-refractivity contribution is 0.0600. The van der Waals surface area contributed by atoms with Crippen LogP contribution in [0.1, 0.15) is 15.9 Å². The van der Waals surface area contributed by atoms with E-state index in [0.29, 0.717) is 34.8 Å². The monoisotopic (exact) mass is 486 g/mol. The molecule has 33 heavy (non-hydrogen) atoms. The van der Waals surface area contributed by atoms with E-state index in [-0.39, 0.29) is 10.2 Å². The lowest BCUT2D eigenvalue weighted by Gasteiger charge is -2.11. The summed E-state index contributed by atoms with van der Waals surface area (Å²) in [5.74, 6) is 0.0000255. The number of carbonyl (C=O) groups excluding carboxylic acids is 1. The molecule has 2 aromatic heterocycles. The molecule has 4 rings (SSSR count). The molecule has 0 radical (unpaired) electrons. The van der Waals surface area contributed by atoms with E-state index in [2.05, 4.69) is 29.7 Å². The van der Waals surface area contributed by atoms with E-state index in [1.165, 1.54) is 37.4 Å². The molecule has 0 atom stereocenters. The molecule has 0 unspecified atom stereocenters. The molecule has 10 nitrogen and oxygen atoms in total. The summed E-state index contributed by atoms with van der Waals surface area (Å²) >= 11 is 6.02. The minimum Gasteiger partial charge on any atom is -0.465 e. The van der Waals surface area contributed by atoms with E-state index < -0.39 is 16.0 Å². The number of fused-ring (bicyclic) bond motifs is 1. The topological polar surface area (TPSA) is 128 Å². The summed E-state index contributed by atoms with van der Waals surface area (Å²) in [6, 6.07) is 12.5. The number of hydrogen-bond acceptors (Lipinski definition) is 8. The summed E-state index contributed by atoms with van der Waals surface area (Å²) < 4.78 is 34.7. The van der Waals surface area contributed by atoms with Gasteiger partial charge in [0.05, 0.1) is 30.4 Å². The van der Waals surface area contributed by atoms with Crippen molar-refractivity contribution in [3.63, 3.8) is 0 Å². The fourth-order valence-corrected chi connectivity index (χ4v) is 4.51. The van der Waals surface area contributed by atoms with E-state index in [0.717, 1.165) is 5.56 Å². The highest BCUT2D eigenvalue weighted by Gasteiger charge is 2.17. The summed E-state index contributed by atoms with van der Waals surface area (Å²) in [5.41, 5.74) is 2.44. The van der Waals surface area contributed by atoms with Gasteiger partial charge < -0.3 is 14.6 Å². The lowest BCUT2D eigenvalue weighted by atomic mass is 10.2. The van der Waals surface area contributed by atoms with Crippen LogP contribution in [0.4, 0.5) is 11.5 Å². The molecular formula is C21H19ClN6O4S. The van der Waals surface area contributed by atoms with Gasteiger partial charge in [0.15, 0.2) is 17.0 Å². The Morgan fingerprint density at radius 3 is 2.61 bits per heavy atom. The molecule has 0 amide bonds. The minimum absolute atomic E-state index is 0.0762. The number of hydrogen-bond donors (Lipinski definition) is 2. The molecule has 0 saturated heterocycles. The number of esters is 1. The third-order valence-corrected chi connectivity index (χ3v) is 6.34. The van der Waals surface area contributed by atoms with E-state index >= 15 is 0 Å². The number of ether oxygens (including phenoxy) is 1. The van der Waals surface area contributed by atoms with Gasteiger partial charge in [0, 0.05) is 12.7 Å². The fourth-order valence-electron chi connectivity index (χ4n) is 3.22. The van der Waals surface area contributed by atoms with Crippen molar-refractivity contribution in [1.29, 1.82) is 0 Å². The Bertz CT molecular complexity index is 1440. The average molecular weight is 487 g/mol. The SMILES string of the molecule is CNc1nc(Cl)nc2c1ncn2Cc1cccc(S(=O)(=O)Nc2ccc(C(=O)OC)cc2)c1. The number of imidazole rings is 1. The van der Waals surface area contributed by atoms with Crippen LogP contribution in [0.25, 0.3) is 11.2 Å². The summed E-state index contributed by atoms with van der Waals surface area (Å²) in [5, 5.41) is 3.00. The fraction of sp³-hybridized carbons (Fsp3) is 0.143. The quantitative estimate of drug-likeness (QED) is 0.301. The van der Waals surface area contributed by atoms with Crippen molar-refractivity contribution < 1.29 is 17.9 Å². The number of nitrogens with zero attached hydrogens (tertiary/aromatic N) is 4. The van der Waals surface area contributed by atoms with Crippen LogP contribution in [0, 0.1) is 0 Å². The Morgan fingerprint density at radius 2 is 1.91 bits per heavy atom. The van der Waals surface area contributed by atoms with Gasteiger partial charge >= 0.3 is 5.97 Å². The van der Waals surface area contributed by atoms with Gasteiger partial charge in [-0.3, -0.25) is 4.72 Å². The molecule has 4 aromatic rings. The predicted molar refractivity (Wildman–Crippen MR) is 124 cm³/mol. The Morgan fingerprint density at radius 1 is 1.15 bits per heavy atom. The van der Waals surface area contributed by atoms with Crippen LogP contribution in [0.5, 0.6) is 0 Å². The maximum Gasteiger partial charge on any atom is 0.337 e. The molecule has 0 bridgehead atoms. The molecule has 2 heterocycles. The van der Waals surface area contributed by atoms with Crippen LogP contribution in [-0.2, 0) is 21.3 Å². The van der Waals surface area contributed by atoms with E-state index in [1.54, 1.807) is 36.1 Å².